The summed E-state index contributed by atoms with van der Waals surface area (Å²) >= 11 is 1.52. The third-order valence-electron chi connectivity index (χ3n) is 5.11. The Hall–Kier alpha value is -3.12. The molecular weight excluding hydrogens is 386 g/mol. The lowest BCUT2D eigenvalue weighted by atomic mass is 9.98. The molecule has 1 aromatic heterocycles. The van der Waals surface area contributed by atoms with Gasteiger partial charge >= 0.3 is 6.09 Å². The number of carbonyl (C=O) groups is 2. The van der Waals surface area contributed by atoms with Crippen molar-refractivity contribution in [1.82, 2.24) is 5.32 Å². The van der Waals surface area contributed by atoms with Crippen molar-refractivity contribution >= 4 is 23.4 Å². The molecule has 0 saturated carbocycles. The van der Waals surface area contributed by atoms with Gasteiger partial charge in [-0.05, 0) is 33.7 Å². The topological polar surface area (TPSA) is 78.5 Å². The highest BCUT2D eigenvalue weighted by atomic mass is 32.1. The molecule has 1 aliphatic rings. The van der Waals surface area contributed by atoms with Crippen LogP contribution in [0.5, 0.6) is 0 Å². The van der Waals surface area contributed by atoms with Gasteiger partial charge in [0.05, 0.1) is 0 Å². The number of carboxylic acid groups (broad SMARTS) is 1. The van der Waals surface area contributed by atoms with Crippen LogP contribution in [0, 0.1) is 0 Å². The number of carbonyl (C=O) groups excluding carboxylic acids is 2. The second-order valence-electron chi connectivity index (χ2n) is 7.03. The Bertz CT molecular complexity index is 970. The number of thiophene rings is 1. The van der Waals surface area contributed by atoms with E-state index in [2.05, 4.69) is 29.6 Å². The molecule has 1 N–H and O–H groups in total. The number of alkyl carbamates (subject to hydrolysis) is 1. The number of hydrogen-bond donors (Lipinski definition) is 1. The minimum Gasteiger partial charge on any atom is -0.550 e. The summed E-state index contributed by atoms with van der Waals surface area (Å²) in [7, 11) is 0. The van der Waals surface area contributed by atoms with Crippen LogP contribution < -0.4 is 10.4 Å². The highest BCUT2D eigenvalue weighted by Crippen LogP contribution is 2.44. The number of nitrogens with one attached hydrogen (secondary N) is 1. The molecule has 0 unspecified atom stereocenters. The van der Waals surface area contributed by atoms with Gasteiger partial charge in [-0.1, -0.05) is 54.6 Å². The van der Waals surface area contributed by atoms with Gasteiger partial charge in [0.2, 0.25) is 0 Å². The first kappa shape index (κ1) is 19.2. The first-order valence-corrected chi connectivity index (χ1v) is 10.3. The lowest BCUT2D eigenvalue weighted by molar-refractivity contribution is -0.306. The molecular formula is C23H20NO4S-. The molecule has 0 spiro atoms. The number of carboxylic acids is 1. The summed E-state index contributed by atoms with van der Waals surface area (Å²) in [4.78, 5) is 24.5. The molecule has 5 nitrogen and oxygen atoms in total. The van der Waals surface area contributed by atoms with E-state index >= 15 is 0 Å². The van der Waals surface area contributed by atoms with E-state index in [4.69, 9.17) is 4.74 Å². The van der Waals surface area contributed by atoms with Gasteiger partial charge in [0.25, 0.3) is 0 Å². The number of amides is 1. The van der Waals surface area contributed by atoms with Crippen molar-refractivity contribution in [2.45, 2.75) is 24.8 Å². The fourth-order valence-corrected chi connectivity index (χ4v) is 4.64. The van der Waals surface area contributed by atoms with Crippen LogP contribution in [0.2, 0.25) is 0 Å². The number of ether oxygens (including phenoxy) is 1. The van der Waals surface area contributed by atoms with Crippen molar-refractivity contribution in [1.29, 1.82) is 0 Å². The minimum absolute atomic E-state index is 0.0370. The fraction of sp³-hybridized carbons (Fsp3) is 0.217. The van der Waals surface area contributed by atoms with Gasteiger partial charge < -0.3 is 20.0 Å². The molecule has 0 fully saturated rings. The van der Waals surface area contributed by atoms with Gasteiger partial charge in [-0.3, -0.25) is 0 Å². The molecule has 2 aromatic carbocycles. The van der Waals surface area contributed by atoms with Gasteiger partial charge in [0.15, 0.2) is 0 Å². The van der Waals surface area contributed by atoms with Crippen LogP contribution in [-0.4, -0.2) is 24.7 Å². The summed E-state index contributed by atoms with van der Waals surface area (Å²) in [6.45, 7) is 0.191. The average molecular weight is 406 g/mol. The Morgan fingerprint density at radius 2 is 1.66 bits per heavy atom. The van der Waals surface area contributed by atoms with Crippen LogP contribution in [-0.2, 0) is 16.0 Å². The first-order chi connectivity index (χ1) is 14.1. The Morgan fingerprint density at radius 1 is 1.00 bits per heavy atom. The molecule has 4 rings (SSSR count). The highest BCUT2D eigenvalue weighted by Gasteiger charge is 2.29. The number of hydrogen-bond acceptors (Lipinski definition) is 5. The number of aliphatic carboxylic acids is 1. The summed E-state index contributed by atoms with van der Waals surface area (Å²) in [5.74, 6) is -1.24. The molecule has 0 saturated heterocycles. The molecule has 1 heterocycles. The van der Waals surface area contributed by atoms with Gasteiger partial charge in [-0.2, -0.15) is 0 Å². The molecule has 3 aromatic rings. The van der Waals surface area contributed by atoms with E-state index in [1.807, 2.05) is 41.8 Å². The van der Waals surface area contributed by atoms with Crippen LogP contribution >= 0.6 is 11.3 Å². The zero-order chi connectivity index (χ0) is 20.2. The van der Waals surface area contributed by atoms with Gasteiger partial charge in [-0.25, -0.2) is 4.79 Å². The molecule has 6 heteroatoms. The van der Waals surface area contributed by atoms with Crippen molar-refractivity contribution in [2.24, 2.45) is 0 Å². The maximum absolute atomic E-state index is 12.4. The molecule has 1 aliphatic carbocycles. The zero-order valence-corrected chi connectivity index (χ0v) is 16.5. The van der Waals surface area contributed by atoms with Crippen molar-refractivity contribution in [3.8, 4) is 11.1 Å². The van der Waals surface area contributed by atoms with E-state index in [9.17, 15) is 14.7 Å². The molecule has 0 radical (unpaired) electrons. The zero-order valence-electron chi connectivity index (χ0n) is 15.7. The summed E-state index contributed by atoms with van der Waals surface area (Å²) in [5, 5.41) is 15.7. The Labute approximate surface area is 173 Å². The van der Waals surface area contributed by atoms with Gasteiger partial charge in [0, 0.05) is 35.6 Å². The predicted molar refractivity (Wildman–Crippen MR) is 110 cm³/mol. The first-order valence-electron chi connectivity index (χ1n) is 9.45. The summed E-state index contributed by atoms with van der Waals surface area (Å²) in [5.41, 5.74) is 4.58. The monoisotopic (exact) mass is 406 g/mol. The lowest BCUT2D eigenvalue weighted by Gasteiger charge is -2.20. The Morgan fingerprint density at radius 3 is 2.24 bits per heavy atom. The van der Waals surface area contributed by atoms with Crippen molar-refractivity contribution in [3.63, 3.8) is 0 Å². The molecule has 1 atom stereocenters. The predicted octanol–water partition coefficient (Wildman–Crippen LogP) is 3.34. The molecule has 0 bridgehead atoms. The Kier molecular flexibility index (Phi) is 5.62. The van der Waals surface area contributed by atoms with E-state index in [1.54, 1.807) is 0 Å². The summed E-state index contributed by atoms with van der Waals surface area (Å²) < 4.78 is 5.51. The quantitative estimate of drug-likeness (QED) is 0.653. The van der Waals surface area contributed by atoms with Crippen LogP contribution in [0.4, 0.5) is 4.79 Å². The van der Waals surface area contributed by atoms with Crippen LogP contribution in [0.3, 0.4) is 0 Å². The highest BCUT2D eigenvalue weighted by molar-refractivity contribution is 7.09. The van der Waals surface area contributed by atoms with Gasteiger partial charge in [0.1, 0.15) is 6.61 Å². The number of rotatable bonds is 7. The standard InChI is InChI=1S/C23H21NO4S/c25-22(26)13-15(12-16-6-5-11-29-16)24-23(27)28-14-21-19-9-3-1-7-17(19)18-8-2-4-10-20(18)21/h1-11,15,21H,12-14H2,(H,24,27)(H,25,26)/p-1/t15-/m0/s1. The van der Waals surface area contributed by atoms with Crippen LogP contribution in [0.15, 0.2) is 66.0 Å². The van der Waals surface area contributed by atoms with E-state index in [0.717, 1.165) is 27.1 Å². The van der Waals surface area contributed by atoms with E-state index in [0.29, 0.717) is 6.42 Å². The molecule has 1 amide bonds. The summed E-state index contributed by atoms with van der Waals surface area (Å²) in [6, 6.07) is 19.4. The smallest absolute Gasteiger partial charge is 0.407 e. The number of benzene rings is 2. The van der Waals surface area contributed by atoms with Crippen molar-refractivity contribution < 1.29 is 19.4 Å². The Balaban J connectivity index is 1.43. The lowest BCUT2D eigenvalue weighted by Crippen LogP contribution is -2.41. The van der Waals surface area contributed by atoms with Crippen LogP contribution in [0.1, 0.15) is 28.3 Å². The SMILES string of the molecule is O=C([O-])C[C@H](Cc1cccs1)NC(=O)OCC1c2ccccc2-c2ccccc21. The van der Waals surface area contributed by atoms with E-state index in [1.165, 1.54) is 11.3 Å². The third-order valence-corrected chi connectivity index (χ3v) is 6.01. The second-order valence-corrected chi connectivity index (χ2v) is 8.06. The maximum atomic E-state index is 12.4. The van der Waals surface area contributed by atoms with Crippen molar-refractivity contribution in [2.75, 3.05) is 6.61 Å². The third kappa shape index (κ3) is 4.32. The summed E-state index contributed by atoms with van der Waals surface area (Å²) in [6.07, 6.45) is -0.451. The molecule has 0 aliphatic heterocycles. The number of fused-ring (bicyclic) bond motifs is 3. The fourth-order valence-electron chi connectivity index (χ4n) is 3.85. The normalized spacial score (nSPS) is 13.4. The largest absolute Gasteiger partial charge is 0.550 e. The van der Waals surface area contributed by atoms with Crippen LogP contribution in [0.25, 0.3) is 11.1 Å². The molecule has 29 heavy (non-hydrogen) atoms. The van der Waals surface area contributed by atoms with E-state index in [-0.39, 0.29) is 18.9 Å². The average Bonchev–Trinajstić information content (AvgIpc) is 3.32. The van der Waals surface area contributed by atoms with E-state index < -0.39 is 18.1 Å². The van der Waals surface area contributed by atoms with Gasteiger partial charge in [-0.15, -0.1) is 11.3 Å². The maximum Gasteiger partial charge on any atom is 0.407 e. The minimum atomic E-state index is -1.20. The van der Waals surface area contributed by atoms with Crippen molar-refractivity contribution in [3.05, 3.63) is 82.0 Å². The second kappa shape index (κ2) is 8.49. The molecule has 148 valence electrons.